The summed E-state index contributed by atoms with van der Waals surface area (Å²) in [6, 6.07) is 22.7. The van der Waals surface area contributed by atoms with Crippen LogP contribution >= 0.6 is 0 Å². The van der Waals surface area contributed by atoms with Crippen molar-refractivity contribution >= 4 is 23.2 Å². The number of nitrogens with zero attached hydrogens (tertiary/aromatic N) is 1. The first-order chi connectivity index (χ1) is 14.1. The average Bonchev–Trinajstić information content (AvgIpc) is 2.76. The summed E-state index contributed by atoms with van der Waals surface area (Å²) in [6.45, 7) is 2.51. The second kappa shape index (κ2) is 8.19. The Kier molecular flexibility index (Phi) is 5.29. The van der Waals surface area contributed by atoms with Crippen LogP contribution in [-0.2, 0) is 17.8 Å². The van der Waals surface area contributed by atoms with Gasteiger partial charge in [-0.1, -0.05) is 49.4 Å². The minimum Gasteiger partial charge on any atom is -0.482 e. The van der Waals surface area contributed by atoms with Crippen molar-refractivity contribution in [3.8, 4) is 5.75 Å². The zero-order chi connectivity index (χ0) is 20.2. The molecule has 0 unspecified atom stereocenters. The molecule has 0 bridgehead atoms. The van der Waals surface area contributed by atoms with Crippen molar-refractivity contribution in [3.63, 3.8) is 0 Å². The van der Waals surface area contributed by atoms with Gasteiger partial charge in [-0.15, -0.1) is 0 Å². The van der Waals surface area contributed by atoms with Crippen LogP contribution in [0.25, 0.3) is 0 Å². The lowest BCUT2D eigenvalue weighted by atomic mass is 10.1. The van der Waals surface area contributed by atoms with E-state index >= 15 is 0 Å². The molecule has 0 spiro atoms. The molecule has 0 aromatic heterocycles. The normalized spacial score (nSPS) is 12.9. The number of hydrogen-bond donors (Lipinski definition) is 1. The van der Waals surface area contributed by atoms with E-state index in [-0.39, 0.29) is 18.4 Å². The molecular weight excluding hydrogens is 364 g/mol. The van der Waals surface area contributed by atoms with E-state index in [9.17, 15) is 9.59 Å². The van der Waals surface area contributed by atoms with Crippen molar-refractivity contribution in [3.05, 3.63) is 89.5 Å². The van der Waals surface area contributed by atoms with E-state index in [2.05, 4.69) is 12.2 Å². The van der Waals surface area contributed by atoms with E-state index in [4.69, 9.17) is 4.74 Å². The maximum Gasteiger partial charge on any atom is 0.265 e. The Morgan fingerprint density at radius 3 is 2.48 bits per heavy atom. The minimum absolute atomic E-state index is 0.00481. The second-order valence-electron chi connectivity index (χ2n) is 6.94. The zero-order valence-electron chi connectivity index (χ0n) is 16.2. The largest absolute Gasteiger partial charge is 0.482 e. The molecule has 0 radical (unpaired) electrons. The van der Waals surface area contributed by atoms with Crippen LogP contribution in [0, 0.1) is 0 Å². The van der Waals surface area contributed by atoms with E-state index in [1.165, 1.54) is 5.56 Å². The molecule has 1 heterocycles. The van der Waals surface area contributed by atoms with Crippen LogP contribution in [0.1, 0.15) is 28.4 Å². The number of ether oxygens (including phenoxy) is 1. The summed E-state index contributed by atoms with van der Waals surface area (Å²) in [5, 5.41) is 2.91. The van der Waals surface area contributed by atoms with Crippen LogP contribution in [0.15, 0.2) is 72.8 Å². The molecule has 1 N–H and O–H groups in total. The SMILES string of the molecule is CCc1ccc(NC(=O)c2ccc3c(c2)N(Cc2ccccc2)C(=O)CO3)cc1. The molecule has 4 rings (SSSR count). The third-order valence-electron chi connectivity index (χ3n) is 4.97. The highest BCUT2D eigenvalue weighted by molar-refractivity contribution is 6.06. The fraction of sp³-hybridized carbons (Fsp3) is 0.167. The van der Waals surface area contributed by atoms with Gasteiger partial charge < -0.3 is 15.0 Å². The van der Waals surface area contributed by atoms with E-state index in [0.717, 1.165) is 17.7 Å². The van der Waals surface area contributed by atoms with Gasteiger partial charge in [-0.2, -0.15) is 0 Å². The van der Waals surface area contributed by atoms with E-state index in [1.807, 2.05) is 54.6 Å². The summed E-state index contributed by atoms with van der Waals surface area (Å²) in [7, 11) is 0. The molecule has 1 aliphatic heterocycles. The summed E-state index contributed by atoms with van der Waals surface area (Å²) in [5.41, 5.74) is 4.04. The molecule has 5 heteroatoms. The van der Waals surface area contributed by atoms with Gasteiger partial charge in [0.1, 0.15) is 5.75 Å². The van der Waals surface area contributed by atoms with Crippen molar-refractivity contribution < 1.29 is 14.3 Å². The van der Waals surface area contributed by atoms with Crippen LogP contribution in [0.5, 0.6) is 5.75 Å². The number of carbonyl (C=O) groups is 2. The monoisotopic (exact) mass is 386 g/mol. The predicted octanol–water partition coefficient (Wildman–Crippen LogP) is 4.43. The summed E-state index contributed by atoms with van der Waals surface area (Å²) < 4.78 is 5.56. The van der Waals surface area contributed by atoms with Crippen LogP contribution < -0.4 is 15.0 Å². The molecule has 0 saturated heterocycles. The van der Waals surface area contributed by atoms with Gasteiger partial charge >= 0.3 is 0 Å². The van der Waals surface area contributed by atoms with Crippen LogP contribution in [-0.4, -0.2) is 18.4 Å². The number of carbonyl (C=O) groups excluding carboxylic acids is 2. The fourth-order valence-electron chi connectivity index (χ4n) is 3.31. The molecule has 29 heavy (non-hydrogen) atoms. The Hall–Kier alpha value is -3.60. The lowest BCUT2D eigenvalue weighted by Gasteiger charge is -2.29. The Balaban J connectivity index is 1.58. The number of rotatable bonds is 5. The van der Waals surface area contributed by atoms with Crippen molar-refractivity contribution in [2.75, 3.05) is 16.8 Å². The maximum atomic E-state index is 12.7. The van der Waals surface area contributed by atoms with Gasteiger partial charge in [0, 0.05) is 11.3 Å². The highest BCUT2D eigenvalue weighted by Crippen LogP contribution is 2.34. The quantitative estimate of drug-likeness (QED) is 0.706. The molecule has 3 aromatic rings. The first-order valence-corrected chi connectivity index (χ1v) is 9.65. The number of aryl methyl sites for hydroxylation is 1. The van der Waals surface area contributed by atoms with Crippen LogP contribution in [0.2, 0.25) is 0 Å². The molecule has 2 amide bonds. The Morgan fingerprint density at radius 1 is 1.00 bits per heavy atom. The number of anilines is 2. The number of benzene rings is 3. The molecule has 0 saturated carbocycles. The van der Waals surface area contributed by atoms with Crippen molar-refractivity contribution in [2.24, 2.45) is 0 Å². The summed E-state index contributed by atoms with van der Waals surface area (Å²) in [4.78, 5) is 26.9. The summed E-state index contributed by atoms with van der Waals surface area (Å²) in [6.07, 6.45) is 0.949. The molecule has 0 fully saturated rings. The van der Waals surface area contributed by atoms with E-state index in [1.54, 1.807) is 23.1 Å². The van der Waals surface area contributed by atoms with Crippen LogP contribution in [0.4, 0.5) is 11.4 Å². The molecule has 3 aromatic carbocycles. The Labute approximate surface area is 169 Å². The topological polar surface area (TPSA) is 58.6 Å². The number of nitrogens with one attached hydrogen (secondary N) is 1. The van der Waals surface area contributed by atoms with E-state index in [0.29, 0.717) is 23.5 Å². The predicted molar refractivity (Wildman–Crippen MR) is 113 cm³/mol. The first kappa shape index (κ1) is 18.7. The van der Waals surface area contributed by atoms with Crippen LogP contribution in [0.3, 0.4) is 0 Å². The Morgan fingerprint density at radius 2 is 1.76 bits per heavy atom. The highest BCUT2D eigenvalue weighted by Gasteiger charge is 2.26. The summed E-state index contributed by atoms with van der Waals surface area (Å²) in [5.74, 6) is 0.244. The standard InChI is InChI=1S/C24H22N2O3/c1-2-17-8-11-20(12-9-17)25-24(28)19-10-13-22-21(14-19)26(23(27)16-29-22)15-18-6-4-3-5-7-18/h3-14H,2,15-16H2,1H3,(H,25,28). The molecular formula is C24H22N2O3. The fourth-order valence-corrected chi connectivity index (χ4v) is 3.31. The zero-order valence-corrected chi connectivity index (χ0v) is 16.2. The highest BCUT2D eigenvalue weighted by atomic mass is 16.5. The number of hydrogen-bond acceptors (Lipinski definition) is 3. The molecule has 1 aliphatic rings. The smallest absolute Gasteiger partial charge is 0.265 e. The van der Waals surface area contributed by atoms with Gasteiger partial charge in [0.2, 0.25) is 0 Å². The van der Waals surface area contributed by atoms with Gasteiger partial charge in [0.05, 0.1) is 12.2 Å². The number of amides is 2. The third kappa shape index (κ3) is 4.14. The van der Waals surface area contributed by atoms with Gasteiger partial charge in [0.15, 0.2) is 6.61 Å². The molecule has 0 aliphatic carbocycles. The minimum atomic E-state index is -0.227. The average molecular weight is 386 g/mol. The van der Waals surface area contributed by atoms with Gasteiger partial charge in [-0.25, -0.2) is 0 Å². The third-order valence-corrected chi connectivity index (χ3v) is 4.97. The molecule has 146 valence electrons. The maximum absolute atomic E-state index is 12.7. The van der Waals surface area contributed by atoms with E-state index < -0.39 is 0 Å². The van der Waals surface area contributed by atoms with Gasteiger partial charge in [-0.3, -0.25) is 9.59 Å². The van der Waals surface area contributed by atoms with Crippen molar-refractivity contribution in [1.82, 2.24) is 0 Å². The lowest BCUT2D eigenvalue weighted by Crippen LogP contribution is -2.38. The van der Waals surface area contributed by atoms with Crippen molar-refractivity contribution in [1.29, 1.82) is 0 Å². The Bertz CT molecular complexity index is 1030. The van der Waals surface area contributed by atoms with Gasteiger partial charge in [0.25, 0.3) is 11.8 Å². The summed E-state index contributed by atoms with van der Waals surface area (Å²) >= 11 is 0. The first-order valence-electron chi connectivity index (χ1n) is 9.65. The van der Waals surface area contributed by atoms with Gasteiger partial charge in [-0.05, 0) is 47.9 Å². The molecule has 0 atom stereocenters. The second-order valence-corrected chi connectivity index (χ2v) is 6.94. The number of fused-ring (bicyclic) bond motifs is 1. The van der Waals surface area contributed by atoms with Crippen molar-refractivity contribution in [2.45, 2.75) is 19.9 Å². The lowest BCUT2D eigenvalue weighted by molar-refractivity contribution is -0.121. The molecule has 5 nitrogen and oxygen atoms in total.